The van der Waals surface area contributed by atoms with Gasteiger partial charge in [0.2, 0.25) is 0 Å². The first-order valence-electron chi connectivity index (χ1n) is 4.44. The average molecular weight is 193 g/mol. The fourth-order valence-corrected chi connectivity index (χ4v) is 1.06. The molecule has 1 rings (SSSR count). The topological polar surface area (TPSA) is 9.23 Å². The van der Waals surface area contributed by atoms with Crippen LogP contribution in [0.5, 0.6) is 5.75 Å². The number of ether oxygens (including phenoxy) is 1. The van der Waals surface area contributed by atoms with Crippen LogP contribution in [-0.4, -0.2) is 5.60 Å². The second kappa shape index (κ2) is 3.82. The smallest absolute Gasteiger partial charge is 0.172 e. The van der Waals surface area contributed by atoms with Gasteiger partial charge in [-0.3, -0.25) is 0 Å². The van der Waals surface area contributed by atoms with E-state index in [1.54, 1.807) is 18.2 Å². The minimum absolute atomic E-state index is 0.242. The molecule has 0 bridgehead atoms. The summed E-state index contributed by atoms with van der Waals surface area (Å²) in [6.45, 7) is 9.02. The van der Waals surface area contributed by atoms with Crippen molar-refractivity contribution in [2.45, 2.75) is 26.4 Å². The fraction of sp³-hybridized carbons (Fsp3) is 0.333. The van der Waals surface area contributed by atoms with E-state index in [4.69, 9.17) is 4.74 Å². The van der Waals surface area contributed by atoms with Gasteiger partial charge in [0.05, 0.1) is 0 Å². The van der Waals surface area contributed by atoms with E-state index in [1.807, 2.05) is 20.8 Å². The summed E-state index contributed by atoms with van der Waals surface area (Å²) in [4.78, 5) is 0. The van der Waals surface area contributed by atoms with Crippen LogP contribution in [0.3, 0.4) is 0 Å². The molecular formula is C12H14FO. The third kappa shape index (κ3) is 2.59. The van der Waals surface area contributed by atoms with Crippen LogP contribution >= 0.6 is 0 Å². The maximum absolute atomic E-state index is 13.6. The van der Waals surface area contributed by atoms with Crippen molar-refractivity contribution < 1.29 is 9.13 Å². The minimum atomic E-state index is -0.405. The van der Waals surface area contributed by atoms with Crippen molar-refractivity contribution in [1.29, 1.82) is 0 Å². The van der Waals surface area contributed by atoms with Crippen molar-refractivity contribution in [3.8, 4) is 5.75 Å². The lowest BCUT2D eigenvalue weighted by Gasteiger charge is -2.21. The summed E-state index contributed by atoms with van der Waals surface area (Å²) in [5.74, 6) is -0.163. The Balaban J connectivity index is 3.04. The SMILES string of the molecule is C=[C]c1cccc(OC(C)(C)C)c1F. The molecule has 0 N–H and O–H groups in total. The molecule has 75 valence electrons. The predicted octanol–water partition coefficient (Wildman–Crippen LogP) is 3.34. The van der Waals surface area contributed by atoms with Crippen molar-refractivity contribution in [2.24, 2.45) is 0 Å². The van der Waals surface area contributed by atoms with Crippen LogP contribution < -0.4 is 4.74 Å². The summed E-state index contributed by atoms with van der Waals surface area (Å²) in [7, 11) is 0. The van der Waals surface area contributed by atoms with Gasteiger partial charge in [-0.25, -0.2) is 4.39 Å². The second-order valence-corrected chi connectivity index (χ2v) is 4.01. The molecule has 1 radical (unpaired) electrons. The van der Waals surface area contributed by atoms with E-state index in [-0.39, 0.29) is 5.75 Å². The number of benzene rings is 1. The number of rotatable bonds is 2. The van der Waals surface area contributed by atoms with Crippen LogP contribution in [0, 0.1) is 11.9 Å². The fourth-order valence-electron chi connectivity index (χ4n) is 1.06. The first kappa shape index (κ1) is 10.8. The summed E-state index contributed by atoms with van der Waals surface area (Å²) in [6, 6.07) is 4.93. The molecular weight excluding hydrogens is 179 g/mol. The molecule has 0 atom stereocenters. The molecule has 1 aromatic carbocycles. The van der Waals surface area contributed by atoms with Crippen LogP contribution in [0.15, 0.2) is 24.8 Å². The van der Waals surface area contributed by atoms with E-state index in [1.165, 1.54) is 0 Å². The van der Waals surface area contributed by atoms with Gasteiger partial charge in [0.1, 0.15) is 5.60 Å². The molecule has 0 heterocycles. The van der Waals surface area contributed by atoms with Gasteiger partial charge < -0.3 is 4.74 Å². The van der Waals surface area contributed by atoms with Gasteiger partial charge >= 0.3 is 0 Å². The van der Waals surface area contributed by atoms with Crippen LogP contribution in [0.2, 0.25) is 0 Å². The van der Waals surface area contributed by atoms with Gasteiger partial charge in [-0.15, -0.1) is 0 Å². The van der Waals surface area contributed by atoms with Crippen molar-refractivity contribution in [3.05, 3.63) is 42.2 Å². The summed E-state index contributed by atoms with van der Waals surface area (Å²) < 4.78 is 19.0. The molecule has 14 heavy (non-hydrogen) atoms. The number of halogens is 1. The Morgan fingerprint density at radius 3 is 2.50 bits per heavy atom. The highest BCUT2D eigenvalue weighted by Crippen LogP contribution is 2.24. The van der Waals surface area contributed by atoms with Gasteiger partial charge in [-0.2, -0.15) is 0 Å². The normalized spacial score (nSPS) is 11.1. The van der Waals surface area contributed by atoms with Crippen molar-refractivity contribution in [3.63, 3.8) is 0 Å². The number of hydrogen-bond donors (Lipinski definition) is 0. The van der Waals surface area contributed by atoms with E-state index in [0.717, 1.165) is 0 Å². The Morgan fingerprint density at radius 1 is 1.36 bits per heavy atom. The largest absolute Gasteiger partial charge is 0.485 e. The quantitative estimate of drug-likeness (QED) is 0.700. The molecule has 0 aromatic heterocycles. The van der Waals surface area contributed by atoms with Crippen LogP contribution in [0.1, 0.15) is 26.3 Å². The molecule has 1 aromatic rings. The second-order valence-electron chi connectivity index (χ2n) is 4.01. The van der Waals surface area contributed by atoms with E-state index >= 15 is 0 Å². The van der Waals surface area contributed by atoms with E-state index in [0.29, 0.717) is 5.56 Å². The highest BCUT2D eigenvalue weighted by atomic mass is 19.1. The monoisotopic (exact) mass is 193 g/mol. The van der Waals surface area contributed by atoms with Crippen LogP contribution in [0.25, 0.3) is 0 Å². The summed E-state index contributed by atoms with van der Waals surface area (Å²) in [5, 5.41) is 0. The maximum atomic E-state index is 13.6. The molecule has 0 spiro atoms. The lowest BCUT2D eigenvalue weighted by atomic mass is 10.1. The van der Waals surface area contributed by atoms with Crippen molar-refractivity contribution in [2.75, 3.05) is 0 Å². The standard InChI is InChI=1S/C12H14FO/c1-5-9-7-6-8-10(11(9)13)14-12(2,3)4/h6-8H,1H2,2-4H3. The predicted molar refractivity (Wildman–Crippen MR) is 54.8 cm³/mol. The first-order chi connectivity index (χ1) is 6.44. The van der Waals surface area contributed by atoms with E-state index < -0.39 is 11.4 Å². The molecule has 2 heteroatoms. The molecule has 0 aliphatic rings. The van der Waals surface area contributed by atoms with Crippen molar-refractivity contribution >= 4 is 0 Å². The maximum Gasteiger partial charge on any atom is 0.172 e. The summed E-state index contributed by atoms with van der Waals surface area (Å²) in [6.07, 6.45) is 2.52. The highest BCUT2D eigenvalue weighted by molar-refractivity contribution is 5.34. The van der Waals surface area contributed by atoms with Gasteiger partial charge in [0, 0.05) is 5.56 Å². The Kier molecular flexibility index (Phi) is 2.94. The zero-order chi connectivity index (χ0) is 10.8. The molecule has 0 amide bonds. The Bertz CT molecular complexity index is 337. The van der Waals surface area contributed by atoms with Gasteiger partial charge in [-0.05, 0) is 32.9 Å². The Hall–Kier alpha value is -1.31. The molecule has 0 aliphatic heterocycles. The Morgan fingerprint density at radius 2 is 2.00 bits per heavy atom. The third-order valence-electron chi connectivity index (χ3n) is 1.57. The van der Waals surface area contributed by atoms with Gasteiger partial charge in [0.25, 0.3) is 0 Å². The zero-order valence-corrected chi connectivity index (χ0v) is 8.73. The van der Waals surface area contributed by atoms with E-state index in [9.17, 15) is 4.39 Å². The molecule has 1 nitrogen and oxygen atoms in total. The molecule has 0 fully saturated rings. The van der Waals surface area contributed by atoms with Crippen molar-refractivity contribution in [1.82, 2.24) is 0 Å². The van der Waals surface area contributed by atoms with Crippen LogP contribution in [-0.2, 0) is 0 Å². The average Bonchev–Trinajstić information content (AvgIpc) is 2.06. The molecule has 0 unspecified atom stereocenters. The molecule has 0 aliphatic carbocycles. The zero-order valence-electron chi connectivity index (χ0n) is 8.73. The minimum Gasteiger partial charge on any atom is -0.485 e. The molecule has 0 saturated carbocycles. The Labute approximate surface area is 84.2 Å². The molecule has 0 saturated heterocycles. The summed E-state index contributed by atoms with van der Waals surface area (Å²) >= 11 is 0. The highest BCUT2D eigenvalue weighted by Gasteiger charge is 2.15. The van der Waals surface area contributed by atoms with Crippen LogP contribution in [0.4, 0.5) is 4.39 Å². The summed E-state index contributed by atoms with van der Waals surface area (Å²) in [5.41, 5.74) is -0.0626. The number of hydrogen-bond acceptors (Lipinski definition) is 1. The van der Waals surface area contributed by atoms with E-state index in [2.05, 4.69) is 12.7 Å². The lowest BCUT2D eigenvalue weighted by molar-refractivity contribution is 0.124. The lowest BCUT2D eigenvalue weighted by Crippen LogP contribution is -2.23. The van der Waals surface area contributed by atoms with Gasteiger partial charge in [-0.1, -0.05) is 18.7 Å². The van der Waals surface area contributed by atoms with Gasteiger partial charge in [0.15, 0.2) is 11.6 Å². The third-order valence-corrected chi connectivity index (χ3v) is 1.57. The first-order valence-corrected chi connectivity index (χ1v) is 4.44.